The van der Waals surface area contributed by atoms with Crippen molar-refractivity contribution in [1.29, 1.82) is 0 Å². The number of ether oxygens (including phenoxy) is 1. The maximum absolute atomic E-state index is 12.3. The van der Waals surface area contributed by atoms with E-state index in [0.29, 0.717) is 23.6 Å². The van der Waals surface area contributed by atoms with Crippen LogP contribution < -0.4 is 14.8 Å². The quantitative estimate of drug-likeness (QED) is 0.830. The summed E-state index contributed by atoms with van der Waals surface area (Å²) in [5, 5.41) is 0. The molecule has 0 aliphatic carbocycles. The van der Waals surface area contributed by atoms with Gasteiger partial charge in [-0.25, -0.2) is 8.42 Å². The van der Waals surface area contributed by atoms with Crippen LogP contribution in [0.15, 0.2) is 48.5 Å². The summed E-state index contributed by atoms with van der Waals surface area (Å²) in [4.78, 5) is 11.1. The van der Waals surface area contributed by atoms with Crippen LogP contribution in [-0.4, -0.2) is 27.2 Å². The zero-order chi connectivity index (χ0) is 17.7. The van der Waals surface area contributed by atoms with E-state index in [1.54, 1.807) is 48.5 Å². The molecule has 128 valence electrons. The van der Waals surface area contributed by atoms with Crippen molar-refractivity contribution in [2.45, 2.75) is 13.5 Å². The van der Waals surface area contributed by atoms with Gasteiger partial charge in [0.15, 0.2) is 0 Å². The fraction of sp³-hybridized carbons (Fsp3) is 0.235. The van der Waals surface area contributed by atoms with Gasteiger partial charge in [-0.1, -0.05) is 24.3 Å². The number of carbonyl (C=O) groups excluding carboxylic acids is 1. The molecule has 0 aliphatic heterocycles. The van der Waals surface area contributed by atoms with Crippen molar-refractivity contribution in [2.24, 2.45) is 5.73 Å². The third-order valence-corrected chi connectivity index (χ3v) is 4.53. The molecule has 0 unspecified atom stereocenters. The largest absolute Gasteiger partial charge is 0.492 e. The smallest absolute Gasteiger partial charge is 0.248 e. The van der Waals surface area contributed by atoms with E-state index in [-0.39, 0.29) is 6.54 Å². The lowest BCUT2D eigenvalue weighted by molar-refractivity contribution is 0.100. The third-order valence-electron chi connectivity index (χ3n) is 3.40. The van der Waals surface area contributed by atoms with Crippen LogP contribution >= 0.6 is 0 Å². The summed E-state index contributed by atoms with van der Waals surface area (Å²) in [6, 6.07) is 13.5. The molecule has 2 rings (SSSR count). The topological polar surface area (TPSA) is 89.7 Å². The lowest BCUT2D eigenvalue weighted by atomic mass is 10.1. The molecule has 0 radical (unpaired) electrons. The van der Waals surface area contributed by atoms with Crippen LogP contribution in [0.4, 0.5) is 5.69 Å². The van der Waals surface area contributed by atoms with Gasteiger partial charge in [-0.15, -0.1) is 0 Å². The summed E-state index contributed by atoms with van der Waals surface area (Å²) in [5.41, 5.74) is 6.80. The van der Waals surface area contributed by atoms with Gasteiger partial charge < -0.3 is 10.5 Å². The Morgan fingerprint density at radius 2 is 1.75 bits per heavy atom. The van der Waals surface area contributed by atoms with Gasteiger partial charge in [0.05, 0.1) is 25.1 Å². The Kier molecular flexibility index (Phi) is 5.46. The number of sulfonamides is 1. The first kappa shape index (κ1) is 17.8. The number of benzene rings is 2. The number of rotatable bonds is 7. The molecule has 0 atom stereocenters. The summed E-state index contributed by atoms with van der Waals surface area (Å²) in [6.07, 6.45) is 1.15. The zero-order valence-corrected chi connectivity index (χ0v) is 14.4. The SMILES string of the molecule is CCOc1ccccc1N(Cc1ccc(C(N)=O)cc1)S(C)(=O)=O. The summed E-state index contributed by atoms with van der Waals surface area (Å²) in [6.45, 7) is 2.40. The average Bonchev–Trinajstić information content (AvgIpc) is 2.53. The minimum absolute atomic E-state index is 0.127. The van der Waals surface area contributed by atoms with Gasteiger partial charge in [-0.3, -0.25) is 9.10 Å². The van der Waals surface area contributed by atoms with Crippen LogP contribution in [-0.2, 0) is 16.6 Å². The van der Waals surface area contributed by atoms with E-state index in [1.807, 2.05) is 6.92 Å². The fourth-order valence-electron chi connectivity index (χ4n) is 2.26. The van der Waals surface area contributed by atoms with Gasteiger partial charge in [0, 0.05) is 5.56 Å². The van der Waals surface area contributed by atoms with Gasteiger partial charge in [0.1, 0.15) is 5.75 Å². The first-order chi connectivity index (χ1) is 11.3. The predicted octanol–water partition coefficient (Wildman–Crippen LogP) is 2.15. The molecule has 2 aromatic carbocycles. The molecule has 0 spiro atoms. The summed E-state index contributed by atoms with van der Waals surface area (Å²) < 4.78 is 31.3. The Balaban J connectivity index is 2.39. The van der Waals surface area contributed by atoms with E-state index in [4.69, 9.17) is 10.5 Å². The van der Waals surface area contributed by atoms with Crippen molar-refractivity contribution >= 4 is 21.6 Å². The van der Waals surface area contributed by atoms with Crippen molar-refractivity contribution in [3.8, 4) is 5.75 Å². The highest BCUT2D eigenvalue weighted by molar-refractivity contribution is 7.92. The Labute approximate surface area is 141 Å². The molecule has 0 heterocycles. The van der Waals surface area contributed by atoms with Gasteiger partial charge in [0.25, 0.3) is 0 Å². The molecule has 24 heavy (non-hydrogen) atoms. The lowest BCUT2D eigenvalue weighted by Crippen LogP contribution is -2.29. The van der Waals surface area contributed by atoms with Crippen LogP contribution in [0.5, 0.6) is 5.75 Å². The molecule has 2 aromatic rings. The average molecular weight is 348 g/mol. The van der Waals surface area contributed by atoms with E-state index in [1.165, 1.54) is 4.31 Å². The van der Waals surface area contributed by atoms with Crippen molar-refractivity contribution in [1.82, 2.24) is 0 Å². The second-order valence-corrected chi connectivity index (χ2v) is 7.14. The molecular formula is C17H20N2O4S. The second kappa shape index (κ2) is 7.35. The maximum Gasteiger partial charge on any atom is 0.248 e. The normalized spacial score (nSPS) is 11.1. The first-order valence-electron chi connectivity index (χ1n) is 7.41. The highest BCUT2D eigenvalue weighted by Gasteiger charge is 2.21. The van der Waals surface area contributed by atoms with Gasteiger partial charge in [-0.05, 0) is 36.8 Å². The van der Waals surface area contributed by atoms with Gasteiger partial charge >= 0.3 is 0 Å². The Bertz CT molecular complexity index is 817. The molecule has 0 bridgehead atoms. The van der Waals surface area contributed by atoms with Gasteiger partial charge in [0.2, 0.25) is 15.9 Å². The van der Waals surface area contributed by atoms with Crippen molar-refractivity contribution in [3.63, 3.8) is 0 Å². The number of nitrogens with two attached hydrogens (primary N) is 1. The minimum Gasteiger partial charge on any atom is -0.492 e. The van der Waals surface area contributed by atoms with Crippen LogP contribution in [0.1, 0.15) is 22.8 Å². The Morgan fingerprint density at radius 3 is 2.29 bits per heavy atom. The predicted molar refractivity (Wildman–Crippen MR) is 93.6 cm³/mol. The van der Waals surface area contributed by atoms with E-state index in [9.17, 15) is 13.2 Å². The summed E-state index contributed by atoms with van der Waals surface area (Å²) in [5.74, 6) is -0.0256. The molecule has 7 heteroatoms. The van der Waals surface area contributed by atoms with E-state index < -0.39 is 15.9 Å². The van der Waals surface area contributed by atoms with Crippen LogP contribution in [0, 0.1) is 0 Å². The number of nitrogens with zero attached hydrogens (tertiary/aromatic N) is 1. The highest BCUT2D eigenvalue weighted by atomic mass is 32.2. The number of hydrogen-bond acceptors (Lipinski definition) is 4. The third kappa shape index (κ3) is 4.26. The second-order valence-electron chi connectivity index (χ2n) is 5.23. The number of anilines is 1. The number of amides is 1. The molecule has 1 amide bonds. The first-order valence-corrected chi connectivity index (χ1v) is 9.26. The van der Waals surface area contributed by atoms with Crippen LogP contribution in [0.3, 0.4) is 0 Å². The summed E-state index contributed by atoms with van der Waals surface area (Å²) >= 11 is 0. The number of hydrogen-bond donors (Lipinski definition) is 1. The molecule has 0 saturated carbocycles. The number of para-hydroxylation sites is 2. The highest BCUT2D eigenvalue weighted by Crippen LogP contribution is 2.31. The molecule has 0 aliphatic rings. The lowest BCUT2D eigenvalue weighted by Gasteiger charge is -2.24. The fourth-order valence-corrected chi connectivity index (χ4v) is 3.15. The monoisotopic (exact) mass is 348 g/mol. The number of carbonyl (C=O) groups is 1. The standard InChI is InChI=1S/C17H20N2O4S/c1-3-23-16-7-5-4-6-15(16)19(24(2,21)22)12-13-8-10-14(11-9-13)17(18)20/h4-11H,3,12H2,1-2H3,(H2,18,20). The van der Waals surface area contributed by atoms with Crippen LogP contribution in [0.25, 0.3) is 0 Å². The number of primary amides is 1. The molecule has 6 nitrogen and oxygen atoms in total. The van der Waals surface area contributed by atoms with Gasteiger partial charge in [-0.2, -0.15) is 0 Å². The van der Waals surface area contributed by atoms with E-state index in [2.05, 4.69) is 0 Å². The van der Waals surface area contributed by atoms with E-state index >= 15 is 0 Å². The van der Waals surface area contributed by atoms with E-state index in [0.717, 1.165) is 11.8 Å². The Hall–Kier alpha value is -2.54. The molecule has 2 N–H and O–H groups in total. The minimum atomic E-state index is -3.52. The molecule has 0 saturated heterocycles. The van der Waals surface area contributed by atoms with Crippen molar-refractivity contribution in [2.75, 3.05) is 17.2 Å². The molecular weight excluding hydrogens is 328 g/mol. The molecule has 0 aromatic heterocycles. The maximum atomic E-state index is 12.3. The van der Waals surface area contributed by atoms with Crippen molar-refractivity contribution < 1.29 is 17.9 Å². The summed E-state index contributed by atoms with van der Waals surface area (Å²) in [7, 11) is -3.52. The van der Waals surface area contributed by atoms with Crippen LogP contribution in [0.2, 0.25) is 0 Å². The Morgan fingerprint density at radius 1 is 1.12 bits per heavy atom. The molecule has 0 fully saturated rings. The van der Waals surface area contributed by atoms with Crippen molar-refractivity contribution in [3.05, 3.63) is 59.7 Å². The zero-order valence-electron chi connectivity index (χ0n) is 13.6.